The van der Waals surface area contributed by atoms with Crippen molar-refractivity contribution in [1.82, 2.24) is 24.8 Å². The van der Waals surface area contributed by atoms with Gasteiger partial charge in [0.15, 0.2) is 0 Å². The monoisotopic (exact) mass is 470 g/mol. The lowest BCUT2D eigenvalue weighted by molar-refractivity contribution is 0.104. The van der Waals surface area contributed by atoms with E-state index < -0.39 is 12.3 Å². The molecule has 3 atom stereocenters. The number of aliphatic hydroxyl groups excluding tert-OH is 2. The van der Waals surface area contributed by atoms with E-state index in [1.54, 1.807) is 12.1 Å². The van der Waals surface area contributed by atoms with Crippen LogP contribution in [0.4, 0.5) is 5.95 Å². The van der Waals surface area contributed by atoms with Crippen molar-refractivity contribution in [1.29, 1.82) is 0 Å². The lowest BCUT2D eigenvalue weighted by Gasteiger charge is -2.30. The molecule has 1 fully saturated rings. The normalized spacial score (nSPS) is 18.8. The number of benzene rings is 1. The summed E-state index contributed by atoms with van der Waals surface area (Å²) in [5.41, 5.74) is 2.40. The van der Waals surface area contributed by atoms with E-state index in [0.717, 1.165) is 42.9 Å². The van der Waals surface area contributed by atoms with Crippen molar-refractivity contribution in [3.63, 3.8) is 0 Å². The Bertz CT molecular complexity index is 1070. The molecule has 0 amide bonds. The third kappa shape index (κ3) is 5.90. The Morgan fingerprint density at radius 3 is 2.88 bits per heavy atom. The van der Waals surface area contributed by atoms with E-state index in [9.17, 15) is 10.2 Å². The fourth-order valence-corrected chi connectivity index (χ4v) is 4.40. The number of nitrogens with one attached hydrogen (secondary N) is 2. The zero-order chi connectivity index (χ0) is 23.4. The van der Waals surface area contributed by atoms with Crippen molar-refractivity contribution in [3.05, 3.63) is 70.6 Å². The van der Waals surface area contributed by atoms with E-state index in [1.165, 1.54) is 0 Å². The largest absolute Gasteiger partial charge is 0.394 e. The molecule has 3 unspecified atom stereocenters. The van der Waals surface area contributed by atoms with Crippen molar-refractivity contribution in [2.45, 2.75) is 38.1 Å². The number of aryl methyl sites for hydroxylation is 1. The predicted octanol–water partition coefficient (Wildman–Crippen LogP) is 3.05. The molecule has 9 heteroatoms. The summed E-state index contributed by atoms with van der Waals surface area (Å²) in [6, 6.07) is 8.93. The number of halogens is 1. The van der Waals surface area contributed by atoms with Gasteiger partial charge in [0.1, 0.15) is 12.0 Å². The van der Waals surface area contributed by atoms with Gasteiger partial charge in [-0.05, 0) is 57.1 Å². The second-order valence-electron chi connectivity index (χ2n) is 8.66. The van der Waals surface area contributed by atoms with Crippen molar-refractivity contribution >= 4 is 17.5 Å². The van der Waals surface area contributed by atoms with Crippen LogP contribution < -0.4 is 10.6 Å². The molecule has 1 aromatic carbocycles. The molecule has 0 radical (unpaired) electrons. The fourth-order valence-electron chi connectivity index (χ4n) is 4.20. The zero-order valence-corrected chi connectivity index (χ0v) is 19.7. The predicted molar refractivity (Wildman–Crippen MR) is 130 cm³/mol. The van der Waals surface area contributed by atoms with E-state index in [1.807, 2.05) is 48.3 Å². The van der Waals surface area contributed by atoms with Gasteiger partial charge >= 0.3 is 0 Å². The highest BCUT2D eigenvalue weighted by Gasteiger charge is 2.20. The minimum Gasteiger partial charge on any atom is -0.394 e. The lowest BCUT2D eigenvalue weighted by atomic mass is 10.1. The average Bonchev–Trinajstić information content (AvgIpc) is 3.29. The van der Waals surface area contributed by atoms with Gasteiger partial charge in [0, 0.05) is 47.3 Å². The maximum absolute atomic E-state index is 10.8. The first-order valence-electron chi connectivity index (χ1n) is 11.2. The van der Waals surface area contributed by atoms with E-state index in [4.69, 9.17) is 16.6 Å². The summed E-state index contributed by atoms with van der Waals surface area (Å²) in [5.74, 6) is 1.36. The Morgan fingerprint density at radius 1 is 1.27 bits per heavy atom. The number of hydrogen-bond donors (Lipinski definition) is 4. The number of hydrogen-bond acceptors (Lipinski definition) is 7. The molecule has 1 aliphatic rings. The number of rotatable bonds is 8. The number of anilines is 1. The van der Waals surface area contributed by atoms with E-state index >= 15 is 0 Å². The van der Waals surface area contributed by atoms with Gasteiger partial charge < -0.3 is 25.0 Å². The van der Waals surface area contributed by atoms with Gasteiger partial charge in [-0.25, -0.2) is 4.98 Å². The molecular weight excluding hydrogens is 440 g/mol. The number of aromatic nitrogens is 3. The SMILES string of the molecule is Cc1cnc(NC2CCCN(C)C2)nc1-n1ccc(C(O)NC(CO)c2cccc(Cl)c2)c1. The molecular formula is C24H31ClN6O2. The van der Waals surface area contributed by atoms with Crippen LogP contribution in [0, 0.1) is 6.92 Å². The number of piperidine rings is 1. The first-order valence-corrected chi connectivity index (χ1v) is 11.6. The fraction of sp³-hybridized carbons (Fsp3) is 0.417. The van der Waals surface area contributed by atoms with Crippen LogP contribution in [0.3, 0.4) is 0 Å². The molecule has 1 aliphatic heterocycles. The summed E-state index contributed by atoms with van der Waals surface area (Å²) >= 11 is 6.07. The van der Waals surface area contributed by atoms with Crippen molar-refractivity contribution in [3.8, 4) is 5.82 Å². The van der Waals surface area contributed by atoms with Gasteiger partial charge in [0.25, 0.3) is 0 Å². The molecule has 4 rings (SSSR count). The molecule has 176 valence electrons. The van der Waals surface area contributed by atoms with Crippen LogP contribution >= 0.6 is 11.6 Å². The Balaban J connectivity index is 1.48. The molecule has 4 N–H and O–H groups in total. The van der Waals surface area contributed by atoms with Crippen molar-refractivity contribution in [2.75, 3.05) is 32.1 Å². The minimum atomic E-state index is -0.972. The average molecular weight is 471 g/mol. The smallest absolute Gasteiger partial charge is 0.224 e. The van der Waals surface area contributed by atoms with Crippen molar-refractivity contribution in [2.24, 2.45) is 0 Å². The summed E-state index contributed by atoms with van der Waals surface area (Å²) in [4.78, 5) is 11.5. The van der Waals surface area contributed by atoms with Crippen LogP contribution in [0.5, 0.6) is 0 Å². The summed E-state index contributed by atoms with van der Waals surface area (Å²) in [6.45, 7) is 3.88. The maximum atomic E-state index is 10.8. The molecule has 3 aromatic rings. The number of likely N-dealkylation sites (N-methyl/N-ethyl adjacent to an activating group) is 1. The van der Waals surface area contributed by atoms with Crippen LogP contribution in [0.25, 0.3) is 5.82 Å². The molecule has 8 nitrogen and oxygen atoms in total. The van der Waals surface area contributed by atoms with E-state index in [2.05, 4.69) is 27.6 Å². The molecule has 1 saturated heterocycles. The third-order valence-electron chi connectivity index (χ3n) is 5.97. The maximum Gasteiger partial charge on any atom is 0.224 e. The highest BCUT2D eigenvalue weighted by Crippen LogP contribution is 2.23. The molecule has 0 aliphatic carbocycles. The topological polar surface area (TPSA) is 98.5 Å². The first kappa shape index (κ1) is 23.7. The number of nitrogens with zero attached hydrogens (tertiary/aromatic N) is 4. The van der Waals surface area contributed by atoms with Gasteiger partial charge in [0.05, 0.1) is 12.6 Å². The van der Waals surface area contributed by atoms with Crippen LogP contribution in [-0.2, 0) is 0 Å². The van der Waals surface area contributed by atoms with E-state index in [0.29, 0.717) is 22.6 Å². The summed E-state index contributed by atoms with van der Waals surface area (Å²) in [5, 5.41) is 27.7. The molecule has 2 aromatic heterocycles. The van der Waals surface area contributed by atoms with E-state index in [-0.39, 0.29) is 6.61 Å². The Hall–Kier alpha value is -2.49. The summed E-state index contributed by atoms with van der Waals surface area (Å²) in [6.07, 6.45) is 6.79. The quantitative estimate of drug-likeness (QED) is 0.375. The Labute approximate surface area is 199 Å². The minimum absolute atomic E-state index is 0.172. The second-order valence-corrected chi connectivity index (χ2v) is 9.09. The highest BCUT2D eigenvalue weighted by atomic mass is 35.5. The standard InChI is InChI=1S/C24H31ClN6O2/c1-16-12-26-24(27-20-7-4-9-30(2)14-20)29-22(16)31-10-8-18(13-31)23(33)28-21(15-32)17-5-3-6-19(25)11-17/h3,5-6,8,10-13,20-21,23,28,32-33H,4,7,9,14-15H2,1-2H3,(H,26,27,29). The molecule has 0 spiro atoms. The van der Waals surface area contributed by atoms with Gasteiger partial charge in [-0.15, -0.1) is 0 Å². The molecule has 0 saturated carbocycles. The lowest BCUT2D eigenvalue weighted by Crippen LogP contribution is -2.40. The number of aliphatic hydroxyl groups is 2. The summed E-state index contributed by atoms with van der Waals surface area (Å²) in [7, 11) is 2.13. The van der Waals surface area contributed by atoms with Crippen LogP contribution in [0.15, 0.2) is 48.9 Å². The van der Waals surface area contributed by atoms with Gasteiger partial charge in [0.2, 0.25) is 5.95 Å². The Morgan fingerprint density at radius 2 is 2.12 bits per heavy atom. The van der Waals surface area contributed by atoms with Gasteiger partial charge in [-0.2, -0.15) is 4.98 Å². The molecule has 0 bridgehead atoms. The first-order chi connectivity index (χ1) is 15.9. The number of likely N-dealkylation sites (tertiary alicyclic amines) is 1. The molecule has 3 heterocycles. The van der Waals surface area contributed by atoms with Crippen LogP contribution in [0.1, 0.15) is 41.8 Å². The highest BCUT2D eigenvalue weighted by molar-refractivity contribution is 6.30. The van der Waals surface area contributed by atoms with Crippen LogP contribution in [0.2, 0.25) is 5.02 Å². The van der Waals surface area contributed by atoms with Gasteiger partial charge in [-0.3, -0.25) is 5.32 Å². The zero-order valence-electron chi connectivity index (χ0n) is 18.9. The van der Waals surface area contributed by atoms with Crippen molar-refractivity contribution < 1.29 is 10.2 Å². The Kier molecular flexibility index (Phi) is 7.62. The summed E-state index contributed by atoms with van der Waals surface area (Å²) < 4.78 is 1.88. The third-order valence-corrected chi connectivity index (χ3v) is 6.21. The molecule has 33 heavy (non-hydrogen) atoms. The second kappa shape index (κ2) is 10.6. The van der Waals surface area contributed by atoms with Crippen LogP contribution in [-0.4, -0.2) is 62.4 Å². The van der Waals surface area contributed by atoms with Gasteiger partial charge in [-0.1, -0.05) is 23.7 Å².